The first-order valence-electron chi connectivity index (χ1n) is 7.90. The van der Waals surface area contributed by atoms with Crippen LogP contribution >= 0.6 is 0 Å². The van der Waals surface area contributed by atoms with Crippen molar-refractivity contribution in [3.8, 4) is 0 Å². The van der Waals surface area contributed by atoms with Gasteiger partial charge < -0.3 is 19.9 Å². The summed E-state index contributed by atoms with van der Waals surface area (Å²) in [7, 11) is 4.16. The van der Waals surface area contributed by atoms with Gasteiger partial charge in [0.15, 0.2) is 0 Å². The first-order valence-corrected chi connectivity index (χ1v) is 7.90. The maximum atomic E-state index is 5.61. The molecule has 4 nitrogen and oxygen atoms in total. The molecule has 0 spiro atoms. The highest BCUT2D eigenvalue weighted by molar-refractivity contribution is 4.74. The molecule has 0 saturated carbocycles. The largest absolute Gasteiger partial charge is 0.379 e. The van der Waals surface area contributed by atoms with E-state index >= 15 is 0 Å². The summed E-state index contributed by atoms with van der Waals surface area (Å²) in [5.74, 6) is 0. The molecule has 1 atom stereocenters. The van der Waals surface area contributed by atoms with Gasteiger partial charge in [-0.15, -0.1) is 0 Å². The molecule has 0 aliphatic carbocycles. The quantitative estimate of drug-likeness (QED) is 0.642. The summed E-state index contributed by atoms with van der Waals surface area (Å²) in [6.45, 7) is 9.75. The Morgan fingerprint density at radius 3 is 2.79 bits per heavy atom. The van der Waals surface area contributed by atoms with Crippen molar-refractivity contribution in [1.82, 2.24) is 15.1 Å². The Morgan fingerprint density at radius 2 is 2.05 bits per heavy atom. The molecular formula is C15H33N3O. The summed E-state index contributed by atoms with van der Waals surface area (Å²) >= 11 is 0. The predicted molar refractivity (Wildman–Crippen MR) is 81.7 cm³/mol. The predicted octanol–water partition coefficient (Wildman–Crippen LogP) is 1.42. The lowest BCUT2D eigenvalue weighted by Crippen LogP contribution is -2.33. The molecular weight excluding hydrogens is 238 g/mol. The van der Waals surface area contributed by atoms with Crippen molar-refractivity contribution in [3.63, 3.8) is 0 Å². The second-order valence-electron chi connectivity index (χ2n) is 5.84. The standard InChI is InChI=1S/C15H33N3O/c1-4-9-18-10-5-6-15(7-11-18)16-8-13-19-14-12-17(2)3/h15-16H,4-14H2,1-3H3. The molecule has 1 aliphatic rings. The van der Waals surface area contributed by atoms with Crippen molar-refractivity contribution in [3.05, 3.63) is 0 Å². The van der Waals surface area contributed by atoms with Gasteiger partial charge in [0.1, 0.15) is 0 Å². The number of nitrogens with zero attached hydrogens (tertiary/aromatic N) is 2. The maximum Gasteiger partial charge on any atom is 0.0593 e. The molecule has 0 amide bonds. The normalized spacial score (nSPS) is 21.8. The molecule has 1 heterocycles. The van der Waals surface area contributed by atoms with E-state index in [-0.39, 0.29) is 0 Å². The van der Waals surface area contributed by atoms with Crippen LogP contribution in [0.25, 0.3) is 0 Å². The summed E-state index contributed by atoms with van der Waals surface area (Å²) in [5.41, 5.74) is 0. The van der Waals surface area contributed by atoms with Crippen molar-refractivity contribution >= 4 is 0 Å². The SMILES string of the molecule is CCCN1CCCC(NCCOCCN(C)C)CC1. The molecule has 0 aromatic rings. The molecule has 0 aromatic heterocycles. The van der Waals surface area contributed by atoms with Gasteiger partial charge in [-0.1, -0.05) is 6.92 Å². The second kappa shape index (κ2) is 10.6. The lowest BCUT2D eigenvalue weighted by molar-refractivity contribution is 0.117. The van der Waals surface area contributed by atoms with Crippen LogP contribution in [0.5, 0.6) is 0 Å². The van der Waals surface area contributed by atoms with Crippen molar-refractivity contribution < 1.29 is 4.74 Å². The summed E-state index contributed by atoms with van der Waals surface area (Å²) in [6, 6.07) is 0.694. The van der Waals surface area contributed by atoms with Gasteiger partial charge in [-0.05, 0) is 59.4 Å². The monoisotopic (exact) mass is 271 g/mol. The van der Waals surface area contributed by atoms with E-state index < -0.39 is 0 Å². The van der Waals surface area contributed by atoms with Gasteiger partial charge in [0.25, 0.3) is 0 Å². The van der Waals surface area contributed by atoms with Gasteiger partial charge in [0.2, 0.25) is 0 Å². The second-order valence-corrected chi connectivity index (χ2v) is 5.84. The van der Waals surface area contributed by atoms with Gasteiger partial charge in [0, 0.05) is 19.1 Å². The first kappa shape index (κ1) is 16.9. The summed E-state index contributed by atoms with van der Waals surface area (Å²) < 4.78 is 5.61. The van der Waals surface area contributed by atoms with E-state index in [1.807, 2.05) is 0 Å². The topological polar surface area (TPSA) is 27.7 Å². The number of hydrogen-bond donors (Lipinski definition) is 1. The highest BCUT2D eigenvalue weighted by atomic mass is 16.5. The van der Waals surface area contributed by atoms with Gasteiger partial charge in [-0.3, -0.25) is 0 Å². The van der Waals surface area contributed by atoms with E-state index in [1.165, 1.54) is 45.3 Å². The molecule has 0 radical (unpaired) electrons. The third kappa shape index (κ3) is 8.58. The van der Waals surface area contributed by atoms with Crippen LogP contribution < -0.4 is 5.32 Å². The summed E-state index contributed by atoms with van der Waals surface area (Å²) in [5, 5.41) is 3.65. The number of likely N-dealkylation sites (N-methyl/N-ethyl adjacent to an activating group) is 1. The molecule has 1 saturated heterocycles. The van der Waals surface area contributed by atoms with Crippen LogP contribution in [0.1, 0.15) is 32.6 Å². The lowest BCUT2D eigenvalue weighted by atomic mass is 10.1. The smallest absolute Gasteiger partial charge is 0.0593 e. The average molecular weight is 271 g/mol. The molecule has 0 aromatic carbocycles. The Morgan fingerprint density at radius 1 is 1.21 bits per heavy atom. The number of likely N-dealkylation sites (tertiary alicyclic amines) is 1. The van der Waals surface area contributed by atoms with E-state index in [9.17, 15) is 0 Å². The van der Waals surface area contributed by atoms with Gasteiger partial charge in [-0.2, -0.15) is 0 Å². The summed E-state index contributed by atoms with van der Waals surface area (Å²) in [6.07, 6.45) is 5.21. The zero-order chi connectivity index (χ0) is 13.9. The fraction of sp³-hybridized carbons (Fsp3) is 1.00. The van der Waals surface area contributed by atoms with Crippen LogP contribution in [0, 0.1) is 0 Å². The molecule has 4 heteroatoms. The average Bonchev–Trinajstić information content (AvgIpc) is 2.59. The maximum absolute atomic E-state index is 5.61. The Balaban J connectivity index is 2.00. The molecule has 19 heavy (non-hydrogen) atoms. The van der Waals surface area contributed by atoms with Crippen LogP contribution in [-0.2, 0) is 4.74 Å². The van der Waals surface area contributed by atoms with Gasteiger partial charge in [0.05, 0.1) is 13.2 Å². The van der Waals surface area contributed by atoms with E-state index in [1.54, 1.807) is 0 Å². The van der Waals surface area contributed by atoms with Crippen molar-refractivity contribution in [2.75, 3.05) is 60.0 Å². The minimum Gasteiger partial charge on any atom is -0.379 e. The number of rotatable bonds is 9. The Kier molecular flexibility index (Phi) is 9.43. The van der Waals surface area contributed by atoms with Crippen LogP contribution in [0.4, 0.5) is 0 Å². The molecule has 1 aliphatic heterocycles. The van der Waals surface area contributed by atoms with E-state index in [0.717, 1.165) is 26.3 Å². The van der Waals surface area contributed by atoms with Crippen molar-refractivity contribution in [2.45, 2.75) is 38.6 Å². The van der Waals surface area contributed by atoms with E-state index in [0.29, 0.717) is 6.04 Å². The molecule has 1 rings (SSSR count). The van der Waals surface area contributed by atoms with Crippen LogP contribution in [-0.4, -0.2) is 75.9 Å². The fourth-order valence-corrected chi connectivity index (χ4v) is 2.58. The number of nitrogens with one attached hydrogen (secondary N) is 1. The highest BCUT2D eigenvalue weighted by Crippen LogP contribution is 2.11. The molecule has 0 bridgehead atoms. The van der Waals surface area contributed by atoms with E-state index in [2.05, 4.69) is 36.1 Å². The van der Waals surface area contributed by atoms with Gasteiger partial charge in [-0.25, -0.2) is 0 Å². The first-order chi connectivity index (χ1) is 9.22. The molecule has 114 valence electrons. The Labute approximate surface area is 119 Å². The zero-order valence-corrected chi connectivity index (χ0v) is 13.2. The third-order valence-electron chi connectivity index (χ3n) is 3.72. The van der Waals surface area contributed by atoms with Crippen LogP contribution in [0.3, 0.4) is 0 Å². The molecule has 1 fully saturated rings. The Hall–Kier alpha value is -0.160. The number of ether oxygens (including phenoxy) is 1. The Bertz CT molecular complexity index is 212. The molecule has 1 N–H and O–H groups in total. The molecule has 1 unspecified atom stereocenters. The van der Waals surface area contributed by atoms with Crippen LogP contribution in [0.15, 0.2) is 0 Å². The minimum absolute atomic E-state index is 0.694. The zero-order valence-electron chi connectivity index (χ0n) is 13.2. The lowest BCUT2D eigenvalue weighted by Gasteiger charge is -2.19. The van der Waals surface area contributed by atoms with Gasteiger partial charge >= 0.3 is 0 Å². The van der Waals surface area contributed by atoms with Crippen molar-refractivity contribution in [1.29, 1.82) is 0 Å². The highest BCUT2D eigenvalue weighted by Gasteiger charge is 2.15. The number of hydrogen-bond acceptors (Lipinski definition) is 4. The third-order valence-corrected chi connectivity index (χ3v) is 3.72. The van der Waals surface area contributed by atoms with Crippen LogP contribution in [0.2, 0.25) is 0 Å². The van der Waals surface area contributed by atoms with E-state index in [4.69, 9.17) is 4.74 Å². The minimum atomic E-state index is 0.694. The summed E-state index contributed by atoms with van der Waals surface area (Å²) in [4.78, 5) is 4.76. The van der Waals surface area contributed by atoms with Crippen molar-refractivity contribution in [2.24, 2.45) is 0 Å². The fourth-order valence-electron chi connectivity index (χ4n) is 2.58.